The van der Waals surface area contributed by atoms with Crippen molar-refractivity contribution in [2.45, 2.75) is 31.7 Å². The summed E-state index contributed by atoms with van der Waals surface area (Å²) in [4.78, 5) is 12.2. The van der Waals surface area contributed by atoms with E-state index >= 15 is 0 Å². The lowest BCUT2D eigenvalue weighted by Gasteiger charge is -2.20. The zero-order valence-electron chi connectivity index (χ0n) is 15.3. The summed E-state index contributed by atoms with van der Waals surface area (Å²) in [5.41, 5.74) is 3.24. The lowest BCUT2D eigenvalue weighted by Crippen LogP contribution is -2.39. The fourth-order valence-electron chi connectivity index (χ4n) is 2.48. The summed E-state index contributed by atoms with van der Waals surface area (Å²) in [6.45, 7) is 5.53. The van der Waals surface area contributed by atoms with Gasteiger partial charge < -0.3 is 5.32 Å². The van der Waals surface area contributed by atoms with Crippen LogP contribution >= 0.6 is 0 Å². The van der Waals surface area contributed by atoms with Crippen molar-refractivity contribution in [3.8, 4) is 0 Å². The average molecular weight is 378 g/mol. The summed E-state index contributed by atoms with van der Waals surface area (Å²) >= 11 is 0. The van der Waals surface area contributed by atoms with Crippen LogP contribution < -0.4 is 5.32 Å². The van der Waals surface area contributed by atoms with Crippen LogP contribution in [-0.4, -0.2) is 32.2 Å². The van der Waals surface area contributed by atoms with Crippen molar-refractivity contribution in [1.29, 1.82) is 0 Å². The van der Waals surface area contributed by atoms with Crippen molar-refractivity contribution in [2.24, 2.45) is 0 Å². The number of amides is 1. The van der Waals surface area contributed by atoms with Gasteiger partial charge in [-0.3, -0.25) is 4.79 Å². The number of carbonyl (C=O) groups is 1. The molecule has 2 rings (SSSR count). The van der Waals surface area contributed by atoms with E-state index in [4.69, 9.17) is 0 Å². The molecule has 1 unspecified atom stereocenters. The molecule has 0 saturated heterocycles. The third-order valence-corrected chi connectivity index (χ3v) is 6.11. The van der Waals surface area contributed by atoms with Crippen molar-refractivity contribution in [1.82, 2.24) is 9.62 Å². The maximum Gasteiger partial charge on any atom is 0.243 e. The topological polar surface area (TPSA) is 66.5 Å². The highest BCUT2D eigenvalue weighted by Crippen LogP contribution is 2.17. The van der Waals surface area contributed by atoms with Gasteiger partial charge in [0.2, 0.25) is 15.9 Å². The van der Waals surface area contributed by atoms with Gasteiger partial charge in [0.15, 0.2) is 0 Å². The maximum absolute atomic E-state index is 13.0. The van der Waals surface area contributed by atoms with Crippen LogP contribution in [0.25, 0.3) is 0 Å². The third-order valence-electron chi connectivity index (χ3n) is 4.30. The van der Waals surface area contributed by atoms with Crippen LogP contribution in [0.3, 0.4) is 0 Å². The van der Waals surface area contributed by atoms with E-state index in [0.717, 1.165) is 33.1 Å². The van der Waals surface area contributed by atoms with Crippen molar-refractivity contribution in [3.05, 3.63) is 65.0 Å². The molecule has 0 saturated carbocycles. The minimum atomic E-state index is -3.86. The Morgan fingerprint density at radius 3 is 2.31 bits per heavy atom. The van der Waals surface area contributed by atoms with Gasteiger partial charge in [0.1, 0.15) is 5.82 Å². The van der Waals surface area contributed by atoms with Crippen LogP contribution in [-0.2, 0) is 14.8 Å². The quantitative estimate of drug-likeness (QED) is 0.840. The SMILES string of the molecule is Cc1ccc(C(C)NC(=O)CN(C)S(=O)(=O)c2ccc(F)cc2)cc1C. The number of sulfonamides is 1. The summed E-state index contributed by atoms with van der Waals surface area (Å²) in [6, 6.07) is 10.2. The Hall–Kier alpha value is -2.25. The molecule has 2 aromatic rings. The predicted octanol–water partition coefficient (Wildman–Crippen LogP) is 2.94. The molecule has 0 aliphatic carbocycles. The number of benzene rings is 2. The number of halogens is 1. The van der Waals surface area contributed by atoms with Gasteiger partial charge in [0.05, 0.1) is 17.5 Å². The molecule has 1 N–H and O–H groups in total. The molecule has 0 fully saturated rings. The Kier molecular flexibility index (Phi) is 6.15. The second-order valence-corrected chi connectivity index (χ2v) is 8.39. The fourth-order valence-corrected chi connectivity index (χ4v) is 3.61. The fraction of sp³-hybridized carbons (Fsp3) is 0.316. The van der Waals surface area contributed by atoms with Gasteiger partial charge in [-0.15, -0.1) is 0 Å². The molecule has 26 heavy (non-hydrogen) atoms. The second-order valence-electron chi connectivity index (χ2n) is 6.35. The van der Waals surface area contributed by atoms with Gasteiger partial charge in [-0.25, -0.2) is 12.8 Å². The third kappa shape index (κ3) is 4.68. The lowest BCUT2D eigenvalue weighted by atomic mass is 10.0. The standard InChI is InChI=1S/C19H23FN2O3S/c1-13-5-6-16(11-14(13)2)15(3)21-19(23)12-22(4)26(24,25)18-9-7-17(20)8-10-18/h5-11,15H,12H2,1-4H3,(H,21,23). The highest BCUT2D eigenvalue weighted by atomic mass is 32.2. The van der Waals surface area contributed by atoms with Gasteiger partial charge >= 0.3 is 0 Å². The maximum atomic E-state index is 13.0. The number of nitrogens with one attached hydrogen (secondary N) is 1. The van der Waals surface area contributed by atoms with Crippen LogP contribution in [0.2, 0.25) is 0 Å². The molecule has 0 spiro atoms. The first-order valence-electron chi connectivity index (χ1n) is 8.19. The van der Waals surface area contributed by atoms with Crippen LogP contribution in [0.1, 0.15) is 29.7 Å². The number of aryl methyl sites for hydroxylation is 2. The van der Waals surface area contributed by atoms with Crippen molar-refractivity contribution in [3.63, 3.8) is 0 Å². The van der Waals surface area contributed by atoms with E-state index in [0.29, 0.717) is 0 Å². The Labute approximate surface area is 153 Å². The van der Waals surface area contributed by atoms with E-state index in [9.17, 15) is 17.6 Å². The van der Waals surface area contributed by atoms with Crippen molar-refractivity contribution in [2.75, 3.05) is 13.6 Å². The summed E-state index contributed by atoms with van der Waals surface area (Å²) < 4.78 is 38.8. The van der Waals surface area contributed by atoms with Crippen LogP contribution in [0.5, 0.6) is 0 Å². The van der Waals surface area contributed by atoms with Gasteiger partial charge in [-0.2, -0.15) is 4.31 Å². The molecular formula is C19H23FN2O3S. The molecule has 7 heteroatoms. The van der Waals surface area contributed by atoms with E-state index < -0.39 is 21.7 Å². The number of likely N-dealkylation sites (N-methyl/N-ethyl adjacent to an activating group) is 1. The number of carbonyl (C=O) groups excluding carboxylic acids is 1. The minimum Gasteiger partial charge on any atom is -0.348 e. The lowest BCUT2D eigenvalue weighted by molar-refractivity contribution is -0.121. The Morgan fingerprint density at radius 2 is 1.73 bits per heavy atom. The van der Waals surface area contributed by atoms with E-state index in [1.807, 2.05) is 39.0 Å². The van der Waals surface area contributed by atoms with E-state index in [-0.39, 0.29) is 17.5 Å². The first-order chi connectivity index (χ1) is 12.1. The normalized spacial score (nSPS) is 12.8. The van der Waals surface area contributed by atoms with E-state index in [1.54, 1.807) is 0 Å². The average Bonchev–Trinajstić information content (AvgIpc) is 2.57. The molecule has 0 heterocycles. The highest BCUT2D eigenvalue weighted by Gasteiger charge is 2.23. The Bertz CT molecular complexity index is 896. The van der Waals surface area contributed by atoms with Crippen LogP contribution in [0.4, 0.5) is 4.39 Å². The summed E-state index contributed by atoms with van der Waals surface area (Å²) in [6.07, 6.45) is 0. The Morgan fingerprint density at radius 1 is 1.12 bits per heavy atom. The Balaban J connectivity index is 2.04. The second kappa shape index (κ2) is 7.97. The molecule has 0 aromatic heterocycles. The molecule has 0 aliphatic rings. The molecule has 0 bridgehead atoms. The van der Waals surface area contributed by atoms with E-state index in [1.165, 1.54) is 19.2 Å². The molecule has 1 amide bonds. The molecule has 5 nitrogen and oxygen atoms in total. The van der Waals surface area contributed by atoms with Crippen molar-refractivity contribution >= 4 is 15.9 Å². The van der Waals surface area contributed by atoms with Gasteiger partial charge in [0.25, 0.3) is 0 Å². The minimum absolute atomic E-state index is 0.0589. The molecule has 0 aliphatic heterocycles. The van der Waals surface area contributed by atoms with Crippen molar-refractivity contribution < 1.29 is 17.6 Å². The monoisotopic (exact) mass is 378 g/mol. The first kappa shape index (κ1) is 20.1. The van der Waals surface area contributed by atoms with Crippen LogP contribution in [0, 0.1) is 19.7 Å². The number of rotatable bonds is 6. The zero-order chi connectivity index (χ0) is 19.5. The molecule has 140 valence electrons. The largest absolute Gasteiger partial charge is 0.348 e. The number of nitrogens with zero attached hydrogens (tertiary/aromatic N) is 1. The number of hydrogen-bond donors (Lipinski definition) is 1. The van der Waals surface area contributed by atoms with Gasteiger partial charge in [-0.05, 0) is 61.7 Å². The summed E-state index contributed by atoms with van der Waals surface area (Å²) in [5.74, 6) is -0.935. The van der Waals surface area contributed by atoms with Gasteiger partial charge in [-0.1, -0.05) is 18.2 Å². The predicted molar refractivity (Wildman–Crippen MR) is 98.7 cm³/mol. The zero-order valence-corrected chi connectivity index (χ0v) is 16.1. The molecule has 1 atom stereocenters. The first-order valence-corrected chi connectivity index (χ1v) is 9.63. The van der Waals surface area contributed by atoms with E-state index in [2.05, 4.69) is 5.32 Å². The summed E-state index contributed by atoms with van der Waals surface area (Å²) in [5, 5.41) is 2.80. The molecule has 2 aromatic carbocycles. The highest BCUT2D eigenvalue weighted by molar-refractivity contribution is 7.89. The van der Waals surface area contributed by atoms with Gasteiger partial charge in [0, 0.05) is 7.05 Å². The smallest absolute Gasteiger partial charge is 0.243 e. The molecular weight excluding hydrogens is 355 g/mol. The summed E-state index contributed by atoms with van der Waals surface area (Å²) in [7, 11) is -2.54. The molecule has 0 radical (unpaired) electrons. The van der Waals surface area contributed by atoms with Crippen LogP contribution in [0.15, 0.2) is 47.4 Å². The number of hydrogen-bond acceptors (Lipinski definition) is 3.